The van der Waals surface area contributed by atoms with Crippen molar-refractivity contribution in [3.05, 3.63) is 65.0 Å². The molecule has 104 valence electrons. The summed E-state index contributed by atoms with van der Waals surface area (Å²) in [7, 11) is 0. The molecular formula is C15H12F3NO. The van der Waals surface area contributed by atoms with E-state index in [0.29, 0.717) is 5.69 Å². The van der Waals surface area contributed by atoms with Gasteiger partial charge in [-0.15, -0.1) is 0 Å². The van der Waals surface area contributed by atoms with E-state index in [4.69, 9.17) is 0 Å². The van der Waals surface area contributed by atoms with Gasteiger partial charge < -0.3 is 0 Å². The van der Waals surface area contributed by atoms with Crippen LogP contribution in [0.4, 0.5) is 13.2 Å². The van der Waals surface area contributed by atoms with E-state index in [0.717, 1.165) is 11.6 Å². The minimum atomic E-state index is -4.54. The Balaban J connectivity index is 2.34. The highest BCUT2D eigenvalue weighted by atomic mass is 19.4. The summed E-state index contributed by atoms with van der Waals surface area (Å²) in [5.41, 5.74) is 0.0588. The Morgan fingerprint density at radius 2 is 1.85 bits per heavy atom. The third kappa shape index (κ3) is 3.04. The number of aryl methyl sites for hydroxylation is 1. The molecule has 0 saturated heterocycles. The number of nitrogens with zero attached hydrogens (tertiary/aromatic N) is 1. The van der Waals surface area contributed by atoms with Crippen LogP contribution in [0.25, 0.3) is 0 Å². The van der Waals surface area contributed by atoms with Crippen LogP contribution < -0.4 is 0 Å². The van der Waals surface area contributed by atoms with Gasteiger partial charge in [0.2, 0.25) is 0 Å². The summed E-state index contributed by atoms with van der Waals surface area (Å²) in [6, 6.07) is 8.29. The third-order valence-corrected chi connectivity index (χ3v) is 2.98. The Labute approximate surface area is 114 Å². The monoisotopic (exact) mass is 279 g/mol. The summed E-state index contributed by atoms with van der Waals surface area (Å²) in [5, 5.41) is 0. The van der Waals surface area contributed by atoms with Gasteiger partial charge in [-0.25, -0.2) is 0 Å². The van der Waals surface area contributed by atoms with Gasteiger partial charge in [0.1, 0.15) is 0 Å². The average molecular weight is 279 g/mol. The van der Waals surface area contributed by atoms with Crippen molar-refractivity contribution in [2.24, 2.45) is 0 Å². The maximum absolute atomic E-state index is 12.9. The fraction of sp³-hybridized carbons (Fsp3) is 0.200. The highest BCUT2D eigenvalue weighted by Crippen LogP contribution is 2.32. The van der Waals surface area contributed by atoms with Crippen molar-refractivity contribution in [3.8, 4) is 0 Å². The SMILES string of the molecule is Cc1cccnc1CC(=O)c1ccccc1C(F)(F)F. The van der Waals surface area contributed by atoms with Gasteiger partial charge in [0, 0.05) is 11.8 Å². The van der Waals surface area contributed by atoms with Crippen molar-refractivity contribution in [1.29, 1.82) is 0 Å². The van der Waals surface area contributed by atoms with Gasteiger partial charge in [-0.3, -0.25) is 9.78 Å². The van der Waals surface area contributed by atoms with Crippen LogP contribution >= 0.6 is 0 Å². The molecule has 1 aromatic carbocycles. The molecule has 1 aromatic heterocycles. The van der Waals surface area contributed by atoms with Crippen LogP contribution in [0.3, 0.4) is 0 Å². The van der Waals surface area contributed by atoms with Crippen LogP contribution in [0.1, 0.15) is 27.2 Å². The molecule has 2 aromatic rings. The van der Waals surface area contributed by atoms with E-state index in [-0.39, 0.29) is 12.0 Å². The molecule has 0 aliphatic heterocycles. The summed E-state index contributed by atoms with van der Waals surface area (Å²) in [6.45, 7) is 1.77. The molecule has 0 fully saturated rings. The quantitative estimate of drug-likeness (QED) is 0.799. The Kier molecular flexibility index (Phi) is 3.88. The number of Topliss-reactive ketones (excluding diaryl/α,β-unsaturated/α-hetero) is 1. The molecule has 2 nitrogen and oxygen atoms in total. The molecule has 2 rings (SSSR count). The minimum Gasteiger partial charge on any atom is -0.294 e. The van der Waals surface area contributed by atoms with Crippen molar-refractivity contribution in [2.75, 3.05) is 0 Å². The van der Waals surface area contributed by atoms with Crippen LogP contribution in [0.2, 0.25) is 0 Å². The fourth-order valence-electron chi connectivity index (χ4n) is 1.92. The summed E-state index contributed by atoms with van der Waals surface area (Å²) in [5.74, 6) is -0.584. The average Bonchev–Trinajstić information content (AvgIpc) is 2.40. The van der Waals surface area contributed by atoms with Crippen LogP contribution in [-0.4, -0.2) is 10.8 Å². The number of hydrogen-bond donors (Lipinski definition) is 0. The largest absolute Gasteiger partial charge is 0.417 e. The molecule has 0 atom stereocenters. The summed E-state index contributed by atoms with van der Waals surface area (Å²) in [4.78, 5) is 16.1. The first-order valence-corrected chi connectivity index (χ1v) is 5.99. The molecule has 0 N–H and O–H groups in total. The number of rotatable bonds is 3. The van der Waals surface area contributed by atoms with Gasteiger partial charge in [-0.1, -0.05) is 24.3 Å². The van der Waals surface area contributed by atoms with Crippen LogP contribution in [-0.2, 0) is 12.6 Å². The Hall–Kier alpha value is -2.17. The highest BCUT2D eigenvalue weighted by Gasteiger charge is 2.34. The number of aromatic nitrogens is 1. The van der Waals surface area contributed by atoms with Gasteiger partial charge in [0.25, 0.3) is 0 Å². The molecule has 1 heterocycles. The normalized spacial score (nSPS) is 11.4. The first-order valence-electron chi connectivity index (χ1n) is 5.99. The van der Waals surface area contributed by atoms with E-state index in [1.165, 1.54) is 24.4 Å². The summed E-state index contributed by atoms with van der Waals surface area (Å²) >= 11 is 0. The van der Waals surface area contributed by atoms with Crippen molar-refractivity contribution in [2.45, 2.75) is 19.5 Å². The van der Waals surface area contributed by atoms with Crippen LogP contribution in [0.5, 0.6) is 0 Å². The molecule has 0 aliphatic carbocycles. The lowest BCUT2D eigenvalue weighted by atomic mass is 9.99. The van der Waals surface area contributed by atoms with Gasteiger partial charge in [-0.2, -0.15) is 13.2 Å². The van der Waals surface area contributed by atoms with E-state index in [9.17, 15) is 18.0 Å². The number of ketones is 1. The van der Waals surface area contributed by atoms with Crippen molar-refractivity contribution in [1.82, 2.24) is 4.98 Å². The first kappa shape index (κ1) is 14.2. The van der Waals surface area contributed by atoms with Crippen molar-refractivity contribution < 1.29 is 18.0 Å². The predicted octanol–water partition coefficient (Wildman–Crippen LogP) is 3.83. The molecule has 0 bridgehead atoms. The number of carbonyl (C=O) groups is 1. The zero-order valence-corrected chi connectivity index (χ0v) is 10.7. The number of halogens is 3. The Morgan fingerprint density at radius 3 is 2.50 bits per heavy atom. The van der Waals surface area contributed by atoms with Gasteiger partial charge >= 0.3 is 6.18 Å². The van der Waals surface area contributed by atoms with Gasteiger partial charge in [0.15, 0.2) is 5.78 Å². The third-order valence-electron chi connectivity index (χ3n) is 2.98. The number of alkyl halides is 3. The van der Waals surface area contributed by atoms with E-state index < -0.39 is 17.5 Å². The maximum atomic E-state index is 12.9. The van der Waals surface area contributed by atoms with Crippen LogP contribution in [0.15, 0.2) is 42.6 Å². The maximum Gasteiger partial charge on any atom is 0.417 e. The zero-order chi connectivity index (χ0) is 14.8. The number of benzene rings is 1. The lowest BCUT2D eigenvalue weighted by Crippen LogP contribution is -2.15. The fourth-order valence-corrected chi connectivity index (χ4v) is 1.92. The molecule has 20 heavy (non-hydrogen) atoms. The number of carbonyl (C=O) groups excluding carboxylic acids is 1. The van der Waals surface area contributed by atoms with E-state index in [1.54, 1.807) is 19.1 Å². The van der Waals surface area contributed by atoms with E-state index in [1.807, 2.05) is 0 Å². The second kappa shape index (κ2) is 5.45. The smallest absolute Gasteiger partial charge is 0.294 e. The number of hydrogen-bond acceptors (Lipinski definition) is 2. The molecular weight excluding hydrogens is 267 g/mol. The number of pyridine rings is 1. The molecule has 0 saturated carbocycles. The van der Waals surface area contributed by atoms with Crippen molar-refractivity contribution >= 4 is 5.78 Å². The highest BCUT2D eigenvalue weighted by molar-refractivity contribution is 5.98. The standard InChI is InChI=1S/C15H12F3NO/c1-10-5-4-8-19-13(10)9-14(20)11-6-2-3-7-12(11)15(16,17)18/h2-8H,9H2,1H3. The Bertz CT molecular complexity index is 635. The lowest BCUT2D eigenvalue weighted by molar-refractivity contribution is -0.137. The second-order valence-electron chi connectivity index (χ2n) is 4.41. The van der Waals surface area contributed by atoms with Crippen LogP contribution in [0, 0.1) is 6.92 Å². The van der Waals surface area contributed by atoms with Crippen molar-refractivity contribution in [3.63, 3.8) is 0 Å². The van der Waals surface area contributed by atoms with E-state index >= 15 is 0 Å². The van der Waals surface area contributed by atoms with E-state index in [2.05, 4.69) is 4.98 Å². The first-order chi connectivity index (χ1) is 9.39. The topological polar surface area (TPSA) is 30.0 Å². The van der Waals surface area contributed by atoms with Gasteiger partial charge in [0.05, 0.1) is 17.7 Å². The minimum absolute atomic E-state index is 0.139. The molecule has 0 spiro atoms. The Morgan fingerprint density at radius 1 is 1.15 bits per heavy atom. The summed E-state index contributed by atoms with van der Waals surface area (Å²) < 4.78 is 38.6. The zero-order valence-electron chi connectivity index (χ0n) is 10.7. The molecule has 0 amide bonds. The molecule has 5 heteroatoms. The molecule has 0 unspecified atom stereocenters. The molecule has 0 radical (unpaired) electrons. The lowest BCUT2D eigenvalue weighted by Gasteiger charge is -2.12. The molecule has 0 aliphatic rings. The second-order valence-corrected chi connectivity index (χ2v) is 4.41. The predicted molar refractivity (Wildman–Crippen MR) is 68.5 cm³/mol. The van der Waals surface area contributed by atoms with Gasteiger partial charge in [-0.05, 0) is 24.6 Å². The summed E-state index contributed by atoms with van der Waals surface area (Å²) in [6.07, 6.45) is -3.16.